The first-order valence-corrected chi connectivity index (χ1v) is 8.25. The van der Waals surface area contributed by atoms with E-state index in [-0.39, 0.29) is 18.2 Å². The minimum Gasteiger partial charge on any atom is -0.326 e. The van der Waals surface area contributed by atoms with E-state index in [2.05, 4.69) is 31.8 Å². The number of benzene rings is 2. The summed E-state index contributed by atoms with van der Waals surface area (Å²) in [4.78, 5) is 23.9. The van der Waals surface area contributed by atoms with Crippen LogP contribution in [0.25, 0.3) is 0 Å². The molecule has 0 aliphatic heterocycles. The molecule has 2 rings (SSSR count). The maximum absolute atomic E-state index is 11.9. The molecule has 2 aromatic rings. The van der Waals surface area contributed by atoms with E-state index in [0.717, 1.165) is 4.47 Å². The van der Waals surface area contributed by atoms with Crippen molar-refractivity contribution in [1.82, 2.24) is 5.43 Å². The van der Waals surface area contributed by atoms with Crippen LogP contribution in [0.15, 0.2) is 58.1 Å². The fraction of sp³-hybridized carbons (Fsp3) is 0.118. The van der Waals surface area contributed by atoms with Gasteiger partial charge in [0.05, 0.1) is 6.42 Å². The molecular weight excluding hydrogens is 394 g/mol. The third-order valence-electron chi connectivity index (χ3n) is 2.98. The lowest BCUT2D eigenvalue weighted by Crippen LogP contribution is -2.21. The SMILES string of the molecule is CC(CC(=O)Nc1ccc(Br)cc1)=NNC(=O)c1cccc(Cl)c1. The Morgan fingerprint density at radius 2 is 1.88 bits per heavy atom. The van der Waals surface area contributed by atoms with Crippen LogP contribution in [0.4, 0.5) is 5.69 Å². The molecule has 0 unspecified atom stereocenters. The molecule has 0 saturated heterocycles. The standard InChI is InChI=1S/C17H15BrClN3O2/c1-11(9-16(23)20-15-7-5-13(18)6-8-15)21-22-17(24)12-3-2-4-14(19)10-12/h2-8,10H,9H2,1H3,(H,20,23)(H,22,24). The van der Waals surface area contributed by atoms with Crippen LogP contribution in [0.3, 0.4) is 0 Å². The van der Waals surface area contributed by atoms with E-state index >= 15 is 0 Å². The molecule has 7 heteroatoms. The topological polar surface area (TPSA) is 70.6 Å². The average molecular weight is 409 g/mol. The molecule has 2 N–H and O–H groups in total. The molecule has 124 valence electrons. The van der Waals surface area contributed by atoms with Crippen LogP contribution in [-0.4, -0.2) is 17.5 Å². The van der Waals surface area contributed by atoms with Crippen LogP contribution in [0.2, 0.25) is 5.02 Å². The van der Waals surface area contributed by atoms with E-state index in [1.807, 2.05) is 12.1 Å². The second-order valence-corrected chi connectivity index (χ2v) is 6.38. The highest BCUT2D eigenvalue weighted by Crippen LogP contribution is 2.14. The van der Waals surface area contributed by atoms with Gasteiger partial charge in [-0.05, 0) is 49.4 Å². The van der Waals surface area contributed by atoms with Crippen LogP contribution in [0, 0.1) is 0 Å². The van der Waals surface area contributed by atoms with E-state index in [1.54, 1.807) is 43.3 Å². The molecule has 2 amide bonds. The monoisotopic (exact) mass is 407 g/mol. The first-order valence-electron chi connectivity index (χ1n) is 7.08. The molecule has 0 radical (unpaired) electrons. The van der Waals surface area contributed by atoms with Crippen molar-refractivity contribution < 1.29 is 9.59 Å². The number of hydrazone groups is 1. The lowest BCUT2D eigenvalue weighted by Gasteiger charge is -2.06. The summed E-state index contributed by atoms with van der Waals surface area (Å²) in [7, 11) is 0. The number of halogens is 2. The highest BCUT2D eigenvalue weighted by atomic mass is 79.9. The van der Waals surface area contributed by atoms with Crippen molar-refractivity contribution in [3.63, 3.8) is 0 Å². The molecule has 0 aliphatic carbocycles. The van der Waals surface area contributed by atoms with Crippen LogP contribution in [-0.2, 0) is 4.79 Å². The number of carbonyl (C=O) groups excluding carboxylic acids is 2. The molecule has 0 spiro atoms. The number of carbonyl (C=O) groups is 2. The number of anilines is 1. The van der Waals surface area contributed by atoms with E-state index in [4.69, 9.17) is 11.6 Å². The fourth-order valence-electron chi connectivity index (χ4n) is 1.85. The maximum atomic E-state index is 11.9. The van der Waals surface area contributed by atoms with Gasteiger partial charge in [0.25, 0.3) is 5.91 Å². The Morgan fingerprint density at radius 3 is 2.54 bits per heavy atom. The maximum Gasteiger partial charge on any atom is 0.271 e. The second kappa shape index (κ2) is 8.61. The number of hydrogen-bond acceptors (Lipinski definition) is 3. The van der Waals surface area contributed by atoms with Crippen LogP contribution >= 0.6 is 27.5 Å². The Balaban J connectivity index is 1.87. The molecule has 0 bridgehead atoms. The lowest BCUT2D eigenvalue weighted by molar-refractivity contribution is -0.115. The highest BCUT2D eigenvalue weighted by Gasteiger charge is 2.07. The van der Waals surface area contributed by atoms with Gasteiger partial charge in [-0.2, -0.15) is 5.10 Å². The summed E-state index contributed by atoms with van der Waals surface area (Å²) in [5.41, 5.74) is 3.99. The summed E-state index contributed by atoms with van der Waals surface area (Å²) in [5.74, 6) is -0.597. The Labute approximate surface area is 153 Å². The molecule has 0 heterocycles. The van der Waals surface area contributed by atoms with Gasteiger partial charge >= 0.3 is 0 Å². The Bertz CT molecular complexity index is 776. The summed E-state index contributed by atoms with van der Waals surface area (Å²) in [6, 6.07) is 13.8. The molecule has 0 atom stereocenters. The Hall–Kier alpha value is -2.18. The van der Waals surface area contributed by atoms with E-state index in [1.165, 1.54) is 0 Å². The summed E-state index contributed by atoms with van der Waals surface area (Å²) in [6.07, 6.45) is 0.0753. The van der Waals surface area contributed by atoms with Crippen molar-refractivity contribution in [2.24, 2.45) is 5.10 Å². The molecule has 0 saturated carbocycles. The third kappa shape index (κ3) is 5.79. The van der Waals surface area contributed by atoms with Gasteiger partial charge in [0.15, 0.2) is 0 Å². The quantitative estimate of drug-likeness (QED) is 0.574. The van der Waals surface area contributed by atoms with Gasteiger partial charge in [-0.15, -0.1) is 0 Å². The van der Waals surface area contributed by atoms with Crippen molar-refractivity contribution in [2.75, 3.05) is 5.32 Å². The molecule has 2 aromatic carbocycles. The van der Waals surface area contributed by atoms with Crippen LogP contribution in [0.1, 0.15) is 23.7 Å². The molecule has 0 aromatic heterocycles. The molecule has 0 fully saturated rings. The minimum absolute atomic E-state index is 0.0753. The van der Waals surface area contributed by atoms with Crippen molar-refractivity contribution >= 4 is 50.7 Å². The highest BCUT2D eigenvalue weighted by molar-refractivity contribution is 9.10. The molecule has 24 heavy (non-hydrogen) atoms. The zero-order valence-corrected chi connectivity index (χ0v) is 15.2. The summed E-state index contributed by atoms with van der Waals surface area (Å²) in [6.45, 7) is 1.67. The molecular formula is C17H15BrClN3O2. The van der Waals surface area contributed by atoms with E-state index in [0.29, 0.717) is 22.0 Å². The number of rotatable bonds is 5. The first-order chi connectivity index (χ1) is 11.4. The van der Waals surface area contributed by atoms with Gasteiger partial charge in [0.1, 0.15) is 0 Å². The largest absolute Gasteiger partial charge is 0.326 e. The second-order valence-electron chi connectivity index (χ2n) is 5.03. The van der Waals surface area contributed by atoms with Crippen molar-refractivity contribution in [3.8, 4) is 0 Å². The number of hydrogen-bond donors (Lipinski definition) is 2. The average Bonchev–Trinajstić information content (AvgIpc) is 2.54. The Morgan fingerprint density at radius 1 is 1.17 bits per heavy atom. The van der Waals surface area contributed by atoms with Crippen molar-refractivity contribution in [3.05, 3.63) is 63.6 Å². The normalized spacial score (nSPS) is 11.0. The van der Waals surface area contributed by atoms with Gasteiger partial charge in [-0.25, -0.2) is 5.43 Å². The summed E-state index contributed by atoms with van der Waals surface area (Å²) in [5, 5.41) is 7.16. The van der Waals surface area contributed by atoms with Gasteiger partial charge in [-0.3, -0.25) is 9.59 Å². The minimum atomic E-state index is -0.384. The van der Waals surface area contributed by atoms with Gasteiger partial charge in [0.2, 0.25) is 5.91 Å². The first kappa shape index (κ1) is 18.2. The lowest BCUT2D eigenvalue weighted by atomic mass is 10.2. The Kier molecular flexibility index (Phi) is 6.52. The van der Waals surface area contributed by atoms with Crippen molar-refractivity contribution in [1.29, 1.82) is 0 Å². The van der Waals surface area contributed by atoms with Crippen molar-refractivity contribution in [2.45, 2.75) is 13.3 Å². The smallest absolute Gasteiger partial charge is 0.271 e. The number of nitrogens with one attached hydrogen (secondary N) is 2. The summed E-state index contributed by atoms with van der Waals surface area (Å²) >= 11 is 9.16. The van der Waals surface area contributed by atoms with E-state index < -0.39 is 0 Å². The van der Waals surface area contributed by atoms with Gasteiger partial charge in [0, 0.05) is 26.5 Å². The molecule has 0 aliphatic rings. The predicted octanol–water partition coefficient (Wildman–Crippen LogP) is 4.24. The zero-order valence-electron chi connectivity index (χ0n) is 12.8. The fourth-order valence-corrected chi connectivity index (χ4v) is 2.31. The summed E-state index contributed by atoms with van der Waals surface area (Å²) < 4.78 is 0.932. The van der Waals surface area contributed by atoms with Crippen LogP contribution in [0.5, 0.6) is 0 Å². The van der Waals surface area contributed by atoms with E-state index in [9.17, 15) is 9.59 Å². The molecule has 5 nitrogen and oxygen atoms in total. The number of nitrogens with zero attached hydrogens (tertiary/aromatic N) is 1. The predicted molar refractivity (Wildman–Crippen MR) is 99.4 cm³/mol. The third-order valence-corrected chi connectivity index (χ3v) is 3.74. The van der Waals surface area contributed by atoms with Crippen LogP contribution < -0.4 is 10.7 Å². The van der Waals surface area contributed by atoms with Gasteiger partial charge < -0.3 is 5.32 Å². The number of amides is 2. The zero-order chi connectivity index (χ0) is 17.5. The van der Waals surface area contributed by atoms with Gasteiger partial charge in [-0.1, -0.05) is 33.6 Å².